The number of aromatic nitrogens is 3. The molecule has 1 aliphatic rings. The fourth-order valence-corrected chi connectivity index (χ4v) is 5.23. The monoisotopic (exact) mass is 477 g/mol. The van der Waals surface area contributed by atoms with Crippen molar-refractivity contribution in [2.45, 2.75) is 31.0 Å². The zero-order chi connectivity index (χ0) is 22.8. The van der Waals surface area contributed by atoms with Crippen molar-refractivity contribution in [1.29, 1.82) is 0 Å². The number of hydrogen-bond acceptors (Lipinski definition) is 7. The first-order valence-corrected chi connectivity index (χ1v) is 12.5. The molecule has 1 unspecified atom stereocenters. The highest BCUT2D eigenvalue weighted by molar-refractivity contribution is 7.99. The van der Waals surface area contributed by atoms with Gasteiger partial charge in [-0.3, -0.25) is 4.79 Å². The van der Waals surface area contributed by atoms with Crippen LogP contribution < -0.4 is 0 Å². The molecule has 0 spiro atoms. The van der Waals surface area contributed by atoms with Crippen molar-refractivity contribution in [2.24, 2.45) is 12.1 Å². The third-order valence-electron chi connectivity index (χ3n) is 5.58. The Morgan fingerprint density at radius 2 is 2.03 bits per heavy atom. The van der Waals surface area contributed by atoms with Gasteiger partial charge in [0.15, 0.2) is 5.16 Å². The first-order valence-electron chi connectivity index (χ1n) is 10.6. The van der Waals surface area contributed by atoms with Crippen molar-refractivity contribution in [3.63, 3.8) is 0 Å². The number of hydrazone groups is 1. The molecule has 3 aromatic heterocycles. The van der Waals surface area contributed by atoms with E-state index in [0.717, 1.165) is 29.3 Å². The quantitative estimate of drug-likeness (QED) is 0.356. The van der Waals surface area contributed by atoms with Gasteiger partial charge in [-0.25, -0.2) is 5.01 Å². The molecule has 0 fully saturated rings. The second kappa shape index (κ2) is 9.36. The number of rotatable bonds is 7. The highest BCUT2D eigenvalue weighted by atomic mass is 32.2. The van der Waals surface area contributed by atoms with E-state index in [1.165, 1.54) is 22.2 Å². The Morgan fingerprint density at radius 1 is 1.18 bits per heavy atom. The molecule has 1 atom stereocenters. The van der Waals surface area contributed by atoms with Crippen LogP contribution in [0, 0.1) is 6.92 Å². The summed E-state index contributed by atoms with van der Waals surface area (Å²) < 4.78 is 7.59. The molecule has 0 N–H and O–H groups in total. The van der Waals surface area contributed by atoms with Crippen LogP contribution in [-0.4, -0.2) is 37.1 Å². The number of carbonyl (C=O) groups is 1. The Morgan fingerprint density at radius 3 is 2.76 bits per heavy atom. The molecule has 0 saturated carbocycles. The average molecular weight is 478 g/mol. The molecule has 4 aromatic rings. The minimum Gasteiger partial charge on any atom is -0.467 e. The van der Waals surface area contributed by atoms with Crippen molar-refractivity contribution < 1.29 is 9.21 Å². The molecule has 1 amide bonds. The van der Waals surface area contributed by atoms with E-state index < -0.39 is 0 Å². The van der Waals surface area contributed by atoms with Crippen LogP contribution in [0.15, 0.2) is 74.8 Å². The van der Waals surface area contributed by atoms with E-state index in [1.807, 2.05) is 41.9 Å². The molecule has 5 rings (SSSR count). The lowest BCUT2D eigenvalue weighted by Crippen LogP contribution is -2.28. The zero-order valence-corrected chi connectivity index (χ0v) is 20.0. The van der Waals surface area contributed by atoms with E-state index in [2.05, 4.69) is 40.7 Å². The molecule has 7 nitrogen and oxygen atoms in total. The Hall–Kier alpha value is -3.17. The normalized spacial score (nSPS) is 15.8. The van der Waals surface area contributed by atoms with Gasteiger partial charge in [0.25, 0.3) is 5.91 Å². The lowest BCUT2D eigenvalue weighted by atomic mass is 10.0. The predicted octanol–water partition coefficient (Wildman–Crippen LogP) is 4.84. The Kier molecular flexibility index (Phi) is 6.15. The van der Waals surface area contributed by atoms with E-state index in [4.69, 9.17) is 9.52 Å². The third-order valence-corrected chi connectivity index (χ3v) is 7.47. The number of nitrogens with zero attached hydrogens (tertiary/aromatic N) is 5. The van der Waals surface area contributed by atoms with E-state index in [9.17, 15) is 4.79 Å². The number of thiophene rings is 1. The van der Waals surface area contributed by atoms with Crippen LogP contribution in [0.2, 0.25) is 0 Å². The minimum absolute atomic E-state index is 0.0914. The molecule has 0 aliphatic carbocycles. The van der Waals surface area contributed by atoms with Crippen LogP contribution in [-0.2, 0) is 18.3 Å². The van der Waals surface area contributed by atoms with Gasteiger partial charge in [0, 0.05) is 24.8 Å². The highest BCUT2D eigenvalue weighted by Crippen LogP contribution is 2.34. The molecular formula is C24H23N5O2S2. The summed E-state index contributed by atoms with van der Waals surface area (Å²) in [5, 5.41) is 17.6. The van der Waals surface area contributed by atoms with E-state index >= 15 is 0 Å². The van der Waals surface area contributed by atoms with Gasteiger partial charge < -0.3 is 8.98 Å². The number of carbonyl (C=O) groups excluding carboxylic acids is 1. The summed E-state index contributed by atoms with van der Waals surface area (Å²) >= 11 is 3.07. The van der Waals surface area contributed by atoms with Crippen molar-refractivity contribution in [3.8, 4) is 0 Å². The highest BCUT2D eigenvalue weighted by Gasteiger charge is 2.35. The largest absolute Gasteiger partial charge is 0.467 e. The smallest absolute Gasteiger partial charge is 0.253 e. The van der Waals surface area contributed by atoms with Gasteiger partial charge >= 0.3 is 0 Å². The summed E-state index contributed by atoms with van der Waals surface area (Å²) in [6.07, 6.45) is 2.97. The number of benzene rings is 1. The SMILES string of the molecule is Cc1ccc(C2=NN(C(=O)CSc3nnc(Cc4cccs4)n3C)C(c3ccco3)C2)cc1. The van der Waals surface area contributed by atoms with Gasteiger partial charge in [0.05, 0.1) is 17.7 Å². The van der Waals surface area contributed by atoms with Crippen LogP contribution in [0.5, 0.6) is 0 Å². The fraction of sp³-hybridized carbons (Fsp3) is 0.250. The number of amides is 1. The maximum Gasteiger partial charge on any atom is 0.253 e. The number of hydrogen-bond donors (Lipinski definition) is 0. The van der Waals surface area contributed by atoms with Crippen LogP contribution in [0.25, 0.3) is 0 Å². The molecule has 33 heavy (non-hydrogen) atoms. The first-order chi connectivity index (χ1) is 16.1. The van der Waals surface area contributed by atoms with Gasteiger partial charge in [-0.1, -0.05) is 47.7 Å². The van der Waals surface area contributed by atoms with Crippen LogP contribution in [0.3, 0.4) is 0 Å². The van der Waals surface area contributed by atoms with Crippen molar-refractivity contribution in [2.75, 3.05) is 5.75 Å². The lowest BCUT2D eigenvalue weighted by molar-refractivity contribution is -0.130. The zero-order valence-electron chi connectivity index (χ0n) is 18.3. The average Bonchev–Trinajstić information content (AvgIpc) is 3.62. The van der Waals surface area contributed by atoms with E-state index in [1.54, 1.807) is 22.6 Å². The second-order valence-corrected chi connectivity index (χ2v) is 9.86. The minimum atomic E-state index is -0.252. The summed E-state index contributed by atoms with van der Waals surface area (Å²) in [7, 11) is 1.94. The predicted molar refractivity (Wildman–Crippen MR) is 129 cm³/mol. The summed E-state index contributed by atoms with van der Waals surface area (Å²) in [5.41, 5.74) is 3.09. The Bertz CT molecular complexity index is 1260. The first kappa shape index (κ1) is 21.7. The topological polar surface area (TPSA) is 76.5 Å². The van der Waals surface area contributed by atoms with Gasteiger partial charge in [0.2, 0.25) is 0 Å². The molecule has 0 radical (unpaired) electrons. The second-order valence-electron chi connectivity index (χ2n) is 7.89. The third kappa shape index (κ3) is 4.65. The van der Waals surface area contributed by atoms with Gasteiger partial charge in [-0.05, 0) is 36.1 Å². The molecule has 0 saturated heterocycles. The summed E-state index contributed by atoms with van der Waals surface area (Å²) in [5.74, 6) is 1.73. The standard InChI is InChI=1S/C24H23N5O2S2/c1-16-7-9-17(10-8-16)19-14-20(21-6-3-11-31-21)29(27-19)23(30)15-33-24-26-25-22(28(24)2)13-18-5-4-12-32-18/h3-12,20H,13-15H2,1-2H3. The molecule has 1 aliphatic heterocycles. The van der Waals surface area contributed by atoms with Crippen LogP contribution in [0.1, 0.15) is 40.1 Å². The maximum atomic E-state index is 13.2. The van der Waals surface area contributed by atoms with Crippen molar-refractivity contribution in [1.82, 2.24) is 19.8 Å². The molecule has 1 aromatic carbocycles. The Balaban J connectivity index is 1.31. The van der Waals surface area contributed by atoms with Crippen molar-refractivity contribution in [3.05, 3.63) is 87.8 Å². The summed E-state index contributed by atoms with van der Waals surface area (Å²) in [6, 6.07) is 15.8. The molecule has 4 heterocycles. The molecule has 168 valence electrons. The molecular weight excluding hydrogens is 454 g/mol. The van der Waals surface area contributed by atoms with Gasteiger partial charge in [-0.15, -0.1) is 21.5 Å². The number of thioether (sulfide) groups is 1. The van der Waals surface area contributed by atoms with Gasteiger partial charge in [0.1, 0.15) is 17.6 Å². The Labute approximate surface area is 200 Å². The maximum absolute atomic E-state index is 13.2. The summed E-state index contributed by atoms with van der Waals surface area (Å²) in [4.78, 5) is 14.5. The number of furan rings is 1. The lowest BCUT2D eigenvalue weighted by Gasteiger charge is -2.19. The van der Waals surface area contributed by atoms with Crippen LogP contribution >= 0.6 is 23.1 Å². The van der Waals surface area contributed by atoms with E-state index in [-0.39, 0.29) is 17.7 Å². The van der Waals surface area contributed by atoms with E-state index in [0.29, 0.717) is 11.6 Å². The van der Waals surface area contributed by atoms with Gasteiger partial charge in [-0.2, -0.15) is 5.10 Å². The fourth-order valence-electron chi connectivity index (χ4n) is 3.75. The number of aryl methyl sites for hydroxylation is 1. The summed E-state index contributed by atoms with van der Waals surface area (Å²) in [6.45, 7) is 2.05. The van der Waals surface area contributed by atoms with Crippen LogP contribution in [0.4, 0.5) is 0 Å². The van der Waals surface area contributed by atoms with Crippen molar-refractivity contribution >= 4 is 34.7 Å². The molecule has 0 bridgehead atoms. The molecule has 9 heteroatoms.